The van der Waals surface area contributed by atoms with Gasteiger partial charge in [0.2, 0.25) is 0 Å². The summed E-state index contributed by atoms with van der Waals surface area (Å²) in [6.45, 7) is 2.05. The third kappa shape index (κ3) is 3.91. The van der Waals surface area contributed by atoms with Gasteiger partial charge in [0.15, 0.2) is 10.3 Å². The molecule has 0 saturated heterocycles. The van der Waals surface area contributed by atoms with Gasteiger partial charge in [0.05, 0.1) is 11.7 Å². The highest BCUT2D eigenvalue weighted by Crippen LogP contribution is 2.18. The van der Waals surface area contributed by atoms with Crippen LogP contribution in [0.1, 0.15) is 18.5 Å². The Kier molecular flexibility index (Phi) is 4.71. The summed E-state index contributed by atoms with van der Waals surface area (Å²) in [6.07, 6.45) is 1.64. The van der Waals surface area contributed by atoms with Gasteiger partial charge in [-0.05, 0) is 36.8 Å². The predicted molar refractivity (Wildman–Crippen MR) is 83.5 cm³/mol. The van der Waals surface area contributed by atoms with E-state index < -0.39 is 0 Å². The van der Waals surface area contributed by atoms with Crippen LogP contribution < -0.4 is 10.6 Å². The van der Waals surface area contributed by atoms with Crippen LogP contribution in [0.4, 0.5) is 5.69 Å². The Hall–Kier alpha value is -1.65. The van der Waals surface area contributed by atoms with Crippen molar-refractivity contribution < 1.29 is 0 Å². The molecule has 1 atom stereocenters. The summed E-state index contributed by atoms with van der Waals surface area (Å²) < 4.78 is 0. The van der Waals surface area contributed by atoms with Crippen molar-refractivity contribution in [2.45, 2.75) is 13.0 Å². The van der Waals surface area contributed by atoms with Gasteiger partial charge in [-0.25, -0.2) is 4.98 Å². The molecule has 0 bridgehead atoms. The van der Waals surface area contributed by atoms with Gasteiger partial charge in [-0.15, -0.1) is 0 Å². The van der Waals surface area contributed by atoms with E-state index in [1.54, 1.807) is 12.3 Å². The van der Waals surface area contributed by atoms with Gasteiger partial charge in [-0.3, -0.25) is 0 Å². The van der Waals surface area contributed by atoms with E-state index in [2.05, 4.69) is 27.8 Å². The Balaban J connectivity index is 1.97. The van der Waals surface area contributed by atoms with Gasteiger partial charge in [-0.1, -0.05) is 41.9 Å². The van der Waals surface area contributed by atoms with Crippen molar-refractivity contribution in [1.82, 2.24) is 10.3 Å². The van der Waals surface area contributed by atoms with E-state index in [9.17, 15) is 0 Å². The molecule has 2 aromatic rings. The Morgan fingerprint density at radius 3 is 2.63 bits per heavy atom. The molecular formula is C14H14ClN3S. The Bertz CT molecular complexity index is 560. The van der Waals surface area contributed by atoms with Crippen molar-refractivity contribution in [1.29, 1.82) is 0 Å². The van der Waals surface area contributed by atoms with E-state index in [-0.39, 0.29) is 6.04 Å². The molecule has 5 heteroatoms. The highest BCUT2D eigenvalue weighted by Gasteiger charge is 2.07. The molecular weight excluding hydrogens is 278 g/mol. The molecule has 0 aliphatic carbocycles. The molecule has 0 amide bonds. The maximum Gasteiger partial charge on any atom is 0.171 e. The number of thiocarbonyl (C=S) groups is 1. The molecule has 2 N–H and O–H groups in total. The lowest BCUT2D eigenvalue weighted by Crippen LogP contribution is -2.31. The van der Waals surface area contributed by atoms with Crippen LogP contribution in [0.3, 0.4) is 0 Å². The summed E-state index contributed by atoms with van der Waals surface area (Å²) in [5, 5.41) is 7.16. The number of hydrogen-bond acceptors (Lipinski definition) is 2. The van der Waals surface area contributed by atoms with Gasteiger partial charge in [-0.2, -0.15) is 0 Å². The van der Waals surface area contributed by atoms with Gasteiger partial charge in [0.1, 0.15) is 0 Å². The molecule has 98 valence electrons. The van der Waals surface area contributed by atoms with Crippen LogP contribution in [0.25, 0.3) is 0 Å². The summed E-state index contributed by atoms with van der Waals surface area (Å²) in [6, 6.07) is 13.9. The second kappa shape index (κ2) is 6.50. The molecule has 0 saturated carbocycles. The zero-order valence-corrected chi connectivity index (χ0v) is 12.0. The number of aromatic nitrogens is 1. The second-order valence-corrected chi connectivity index (χ2v) is 4.84. The number of halogens is 1. The average molecular weight is 292 g/mol. The number of benzene rings is 1. The minimum Gasteiger partial charge on any atom is -0.356 e. The quantitative estimate of drug-likeness (QED) is 0.666. The molecule has 0 aliphatic heterocycles. The largest absolute Gasteiger partial charge is 0.356 e. The molecule has 0 fully saturated rings. The first kappa shape index (κ1) is 13.8. The Morgan fingerprint density at radius 2 is 1.95 bits per heavy atom. The molecule has 1 heterocycles. The number of nitrogens with one attached hydrogen (secondary N) is 2. The lowest BCUT2D eigenvalue weighted by atomic mass is 10.1. The van der Waals surface area contributed by atoms with Gasteiger partial charge < -0.3 is 10.6 Å². The van der Waals surface area contributed by atoms with Crippen LogP contribution in [0.5, 0.6) is 0 Å². The number of anilines is 1. The third-order valence-corrected chi connectivity index (χ3v) is 3.18. The Labute approximate surface area is 123 Å². The molecule has 0 spiro atoms. The number of rotatable bonds is 3. The van der Waals surface area contributed by atoms with Crippen molar-refractivity contribution in [2.24, 2.45) is 0 Å². The topological polar surface area (TPSA) is 37.0 Å². The average Bonchev–Trinajstić information content (AvgIpc) is 2.42. The molecule has 19 heavy (non-hydrogen) atoms. The maximum atomic E-state index is 5.96. The number of nitrogens with zero attached hydrogens (tertiary/aromatic N) is 1. The molecule has 0 radical (unpaired) electrons. The lowest BCUT2D eigenvalue weighted by molar-refractivity contribution is 0.722. The van der Waals surface area contributed by atoms with E-state index in [0.29, 0.717) is 16.0 Å². The van der Waals surface area contributed by atoms with E-state index in [1.165, 1.54) is 5.56 Å². The van der Waals surface area contributed by atoms with Gasteiger partial charge in [0.25, 0.3) is 0 Å². The molecule has 2 rings (SSSR count). The Morgan fingerprint density at radius 1 is 1.21 bits per heavy atom. The fourth-order valence-electron chi connectivity index (χ4n) is 1.66. The van der Waals surface area contributed by atoms with Crippen molar-refractivity contribution in [3.8, 4) is 0 Å². The highest BCUT2D eigenvalue weighted by atomic mass is 35.5. The van der Waals surface area contributed by atoms with Crippen molar-refractivity contribution in [3.05, 3.63) is 59.4 Å². The molecule has 1 unspecified atom stereocenters. The number of pyridine rings is 1. The zero-order chi connectivity index (χ0) is 13.7. The van der Waals surface area contributed by atoms with Crippen molar-refractivity contribution in [3.63, 3.8) is 0 Å². The van der Waals surface area contributed by atoms with Crippen LogP contribution in [0.15, 0.2) is 48.7 Å². The summed E-state index contributed by atoms with van der Waals surface area (Å²) in [5.74, 6) is 0. The third-order valence-electron chi connectivity index (χ3n) is 2.65. The smallest absolute Gasteiger partial charge is 0.171 e. The minimum atomic E-state index is 0.122. The molecule has 0 aliphatic rings. The van der Waals surface area contributed by atoms with Crippen LogP contribution in [-0.4, -0.2) is 10.1 Å². The van der Waals surface area contributed by atoms with Crippen LogP contribution in [0.2, 0.25) is 5.15 Å². The lowest BCUT2D eigenvalue weighted by Gasteiger charge is -2.17. The van der Waals surface area contributed by atoms with Crippen molar-refractivity contribution in [2.75, 3.05) is 5.32 Å². The van der Waals surface area contributed by atoms with E-state index in [1.807, 2.05) is 31.2 Å². The SMILES string of the molecule is CC(NC(=S)Nc1cccnc1Cl)c1ccccc1. The zero-order valence-electron chi connectivity index (χ0n) is 10.4. The van der Waals surface area contributed by atoms with Gasteiger partial charge >= 0.3 is 0 Å². The second-order valence-electron chi connectivity index (χ2n) is 4.07. The molecule has 3 nitrogen and oxygen atoms in total. The monoisotopic (exact) mass is 291 g/mol. The van der Waals surface area contributed by atoms with E-state index in [4.69, 9.17) is 23.8 Å². The van der Waals surface area contributed by atoms with E-state index >= 15 is 0 Å². The van der Waals surface area contributed by atoms with Crippen molar-refractivity contribution >= 4 is 34.6 Å². The fourth-order valence-corrected chi connectivity index (χ4v) is 2.11. The molecule has 1 aromatic carbocycles. The fraction of sp³-hybridized carbons (Fsp3) is 0.143. The van der Waals surface area contributed by atoms with Gasteiger partial charge in [0, 0.05) is 6.20 Å². The first-order valence-electron chi connectivity index (χ1n) is 5.90. The summed E-state index contributed by atoms with van der Waals surface area (Å²) in [4.78, 5) is 3.99. The first-order chi connectivity index (χ1) is 9.16. The summed E-state index contributed by atoms with van der Waals surface area (Å²) in [5.41, 5.74) is 1.87. The predicted octanol–water partition coefficient (Wildman–Crippen LogP) is 3.78. The van der Waals surface area contributed by atoms with E-state index in [0.717, 1.165) is 0 Å². The van der Waals surface area contributed by atoms with Crippen LogP contribution in [0, 0.1) is 0 Å². The first-order valence-corrected chi connectivity index (χ1v) is 6.68. The minimum absolute atomic E-state index is 0.122. The highest BCUT2D eigenvalue weighted by molar-refractivity contribution is 7.80. The van der Waals surface area contributed by atoms with Crippen LogP contribution >= 0.6 is 23.8 Å². The summed E-state index contributed by atoms with van der Waals surface area (Å²) >= 11 is 11.2. The maximum absolute atomic E-state index is 5.96. The van der Waals surface area contributed by atoms with Crippen LogP contribution in [-0.2, 0) is 0 Å². The summed E-state index contributed by atoms with van der Waals surface area (Å²) in [7, 11) is 0. The number of hydrogen-bond donors (Lipinski definition) is 2. The molecule has 1 aromatic heterocycles. The standard InChI is InChI=1S/C14H14ClN3S/c1-10(11-6-3-2-4-7-11)17-14(19)18-12-8-5-9-16-13(12)15/h2-10H,1H3,(H2,17,18,19). The normalized spacial score (nSPS) is 11.7.